The van der Waals surface area contributed by atoms with Crippen LogP contribution < -0.4 is 0 Å². The summed E-state index contributed by atoms with van der Waals surface area (Å²) in [5, 5.41) is 17.3. The number of nitrogens with zero attached hydrogens (tertiary/aromatic N) is 3. The van der Waals surface area contributed by atoms with E-state index in [1.54, 1.807) is 6.20 Å². The topological polar surface area (TPSA) is 49.6 Å². The third kappa shape index (κ3) is 2.47. The minimum atomic E-state index is -0.328. The van der Waals surface area contributed by atoms with Crippen molar-refractivity contribution in [3.63, 3.8) is 0 Å². The van der Waals surface area contributed by atoms with E-state index < -0.39 is 0 Å². The van der Waals surface area contributed by atoms with Gasteiger partial charge < -0.3 is 0 Å². The van der Waals surface area contributed by atoms with E-state index in [9.17, 15) is 5.26 Å². The highest BCUT2D eigenvalue weighted by atomic mass is 32.2. The molecule has 1 aromatic carbocycles. The van der Waals surface area contributed by atoms with Crippen LogP contribution in [0, 0.1) is 11.3 Å². The van der Waals surface area contributed by atoms with Gasteiger partial charge in [-0.2, -0.15) is 15.5 Å². The summed E-state index contributed by atoms with van der Waals surface area (Å²) in [5.41, 5.74) is 3.09. The normalized spacial score (nSPS) is 15.3. The SMILES string of the molecule is N#CC(c1ccc2c(c1)CCCS2)c1cccnn1. The van der Waals surface area contributed by atoms with Crippen LogP contribution in [0.3, 0.4) is 0 Å². The summed E-state index contributed by atoms with van der Waals surface area (Å²) in [4.78, 5) is 1.35. The Labute approximate surface area is 116 Å². The van der Waals surface area contributed by atoms with Crippen molar-refractivity contribution < 1.29 is 0 Å². The van der Waals surface area contributed by atoms with Gasteiger partial charge in [-0.3, -0.25) is 0 Å². The zero-order valence-electron chi connectivity index (χ0n) is 10.4. The number of hydrogen-bond donors (Lipinski definition) is 0. The van der Waals surface area contributed by atoms with Crippen LogP contribution in [0.1, 0.15) is 29.2 Å². The van der Waals surface area contributed by atoms with Crippen LogP contribution in [0.5, 0.6) is 0 Å². The first kappa shape index (κ1) is 12.2. The Morgan fingerprint density at radius 1 is 1.32 bits per heavy atom. The minimum absolute atomic E-state index is 0.328. The van der Waals surface area contributed by atoms with Crippen LogP contribution in [0.2, 0.25) is 0 Å². The number of thioether (sulfide) groups is 1. The van der Waals surface area contributed by atoms with Gasteiger partial charge in [-0.15, -0.1) is 11.8 Å². The third-order valence-electron chi connectivity index (χ3n) is 3.28. The highest BCUT2D eigenvalue weighted by Crippen LogP contribution is 2.33. The molecule has 2 aromatic rings. The second-order valence-electron chi connectivity index (χ2n) is 4.53. The Hall–Kier alpha value is -1.86. The zero-order valence-corrected chi connectivity index (χ0v) is 11.2. The molecule has 1 unspecified atom stereocenters. The molecule has 0 spiro atoms. The number of hydrogen-bond acceptors (Lipinski definition) is 4. The van der Waals surface area contributed by atoms with Crippen molar-refractivity contribution in [2.24, 2.45) is 0 Å². The van der Waals surface area contributed by atoms with E-state index in [2.05, 4.69) is 28.4 Å². The zero-order chi connectivity index (χ0) is 13.1. The molecule has 0 amide bonds. The van der Waals surface area contributed by atoms with Gasteiger partial charge in [-0.25, -0.2) is 0 Å². The molecule has 4 heteroatoms. The van der Waals surface area contributed by atoms with Crippen LogP contribution in [0.15, 0.2) is 41.4 Å². The molecule has 0 radical (unpaired) electrons. The Morgan fingerprint density at radius 2 is 2.26 bits per heavy atom. The summed E-state index contributed by atoms with van der Waals surface area (Å²) in [6.07, 6.45) is 3.94. The summed E-state index contributed by atoms with van der Waals surface area (Å²) < 4.78 is 0. The van der Waals surface area contributed by atoms with Gasteiger partial charge >= 0.3 is 0 Å². The first-order valence-corrected chi connectivity index (χ1v) is 7.30. The summed E-state index contributed by atoms with van der Waals surface area (Å²) in [7, 11) is 0. The maximum atomic E-state index is 9.41. The van der Waals surface area contributed by atoms with Crippen molar-refractivity contribution in [1.82, 2.24) is 10.2 Å². The largest absolute Gasteiger partial charge is 0.197 e. The van der Waals surface area contributed by atoms with Gasteiger partial charge in [0.1, 0.15) is 5.92 Å². The van der Waals surface area contributed by atoms with Gasteiger partial charge in [0.2, 0.25) is 0 Å². The molecule has 0 saturated heterocycles. The van der Waals surface area contributed by atoms with Crippen molar-refractivity contribution in [3.05, 3.63) is 53.3 Å². The summed E-state index contributed by atoms with van der Waals surface area (Å²) in [6, 6.07) is 12.3. The first-order chi connectivity index (χ1) is 9.38. The average molecular weight is 267 g/mol. The van der Waals surface area contributed by atoms with Crippen LogP contribution in [-0.4, -0.2) is 16.0 Å². The summed E-state index contributed by atoms with van der Waals surface area (Å²) in [5.74, 6) is 0.865. The van der Waals surface area contributed by atoms with Crippen LogP contribution in [0.25, 0.3) is 0 Å². The number of aryl methyl sites for hydroxylation is 1. The fourth-order valence-corrected chi connectivity index (χ4v) is 3.36. The van der Waals surface area contributed by atoms with Crippen LogP contribution in [0.4, 0.5) is 0 Å². The highest BCUT2D eigenvalue weighted by molar-refractivity contribution is 7.99. The van der Waals surface area contributed by atoms with E-state index in [0.29, 0.717) is 5.69 Å². The number of rotatable bonds is 2. The fourth-order valence-electron chi connectivity index (χ4n) is 2.34. The predicted molar refractivity (Wildman–Crippen MR) is 75.0 cm³/mol. The van der Waals surface area contributed by atoms with Gasteiger partial charge in [0.15, 0.2) is 0 Å². The molecule has 3 nitrogen and oxygen atoms in total. The lowest BCUT2D eigenvalue weighted by Gasteiger charge is -2.17. The quantitative estimate of drug-likeness (QED) is 0.838. The van der Waals surface area contributed by atoms with Gasteiger partial charge in [0.25, 0.3) is 0 Å². The van der Waals surface area contributed by atoms with E-state index in [1.165, 1.54) is 22.6 Å². The van der Waals surface area contributed by atoms with Crippen molar-refractivity contribution in [3.8, 4) is 6.07 Å². The molecule has 0 N–H and O–H groups in total. The molecule has 1 aliphatic rings. The lowest BCUT2D eigenvalue weighted by molar-refractivity contribution is 0.860. The molecule has 3 rings (SSSR count). The standard InChI is InChI=1S/C15H13N3S/c16-10-13(14-4-1-7-17-18-14)11-5-6-15-12(9-11)3-2-8-19-15/h1,4-7,9,13H,2-3,8H2. The molecule has 0 fully saturated rings. The second kappa shape index (κ2) is 5.41. The van der Waals surface area contributed by atoms with E-state index in [0.717, 1.165) is 12.0 Å². The third-order valence-corrected chi connectivity index (χ3v) is 4.49. The molecule has 94 valence electrons. The molecular weight excluding hydrogens is 254 g/mol. The average Bonchev–Trinajstić information content (AvgIpc) is 2.49. The second-order valence-corrected chi connectivity index (χ2v) is 5.67. The van der Waals surface area contributed by atoms with Crippen LogP contribution in [-0.2, 0) is 6.42 Å². The number of nitriles is 1. The Bertz CT molecular complexity index is 619. The lowest BCUT2D eigenvalue weighted by Crippen LogP contribution is -2.05. The predicted octanol–water partition coefficient (Wildman–Crippen LogP) is 3.17. The Kier molecular flexibility index (Phi) is 3.47. The molecular formula is C15H13N3S. The van der Waals surface area contributed by atoms with E-state index in [1.807, 2.05) is 30.0 Å². The molecule has 1 aliphatic heterocycles. The molecule has 1 atom stereocenters. The maximum Gasteiger partial charge on any atom is 0.115 e. The summed E-state index contributed by atoms with van der Waals surface area (Å²) in [6.45, 7) is 0. The van der Waals surface area contributed by atoms with Crippen molar-refractivity contribution in [2.75, 3.05) is 5.75 Å². The van der Waals surface area contributed by atoms with Gasteiger partial charge in [-0.1, -0.05) is 12.1 Å². The van der Waals surface area contributed by atoms with Gasteiger partial charge in [-0.05, 0) is 47.9 Å². The van der Waals surface area contributed by atoms with E-state index in [-0.39, 0.29) is 5.92 Å². The Morgan fingerprint density at radius 3 is 3.05 bits per heavy atom. The number of benzene rings is 1. The molecule has 0 saturated carbocycles. The molecule has 19 heavy (non-hydrogen) atoms. The Balaban J connectivity index is 1.99. The number of fused-ring (bicyclic) bond motifs is 1. The van der Waals surface area contributed by atoms with E-state index in [4.69, 9.17) is 0 Å². The van der Waals surface area contributed by atoms with Gasteiger partial charge in [0.05, 0.1) is 11.8 Å². The van der Waals surface area contributed by atoms with Crippen molar-refractivity contribution in [1.29, 1.82) is 5.26 Å². The smallest absolute Gasteiger partial charge is 0.115 e. The molecule has 1 aromatic heterocycles. The van der Waals surface area contributed by atoms with Crippen molar-refractivity contribution in [2.45, 2.75) is 23.7 Å². The molecule has 0 aliphatic carbocycles. The van der Waals surface area contributed by atoms with Gasteiger partial charge in [0, 0.05) is 11.1 Å². The monoisotopic (exact) mass is 267 g/mol. The molecule has 2 heterocycles. The summed E-state index contributed by atoms with van der Waals surface area (Å²) >= 11 is 1.90. The molecule has 0 bridgehead atoms. The van der Waals surface area contributed by atoms with Crippen molar-refractivity contribution >= 4 is 11.8 Å². The highest BCUT2D eigenvalue weighted by Gasteiger charge is 2.18. The number of aromatic nitrogens is 2. The van der Waals surface area contributed by atoms with Crippen LogP contribution >= 0.6 is 11.8 Å². The minimum Gasteiger partial charge on any atom is -0.197 e. The lowest BCUT2D eigenvalue weighted by atomic mass is 9.94. The fraction of sp³-hybridized carbons (Fsp3) is 0.267. The first-order valence-electron chi connectivity index (χ1n) is 6.31. The maximum absolute atomic E-state index is 9.41. The van der Waals surface area contributed by atoms with E-state index >= 15 is 0 Å².